The Bertz CT molecular complexity index is 604. The van der Waals surface area contributed by atoms with E-state index in [1.54, 1.807) is 12.4 Å². The van der Waals surface area contributed by atoms with E-state index < -0.39 is 0 Å². The normalized spacial score (nSPS) is 10.6. The molecule has 2 aromatic rings. The Morgan fingerprint density at radius 2 is 1.82 bits per heavy atom. The Kier molecular flexibility index (Phi) is 6.32. The predicted molar refractivity (Wildman–Crippen MR) is 91.3 cm³/mol. The number of nitrogens with zero attached hydrogens (tertiary/aromatic N) is 1. The number of rotatable bonds is 8. The second kappa shape index (κ2) is 8.47. The fourth-order valence-electron chi connectivity index (χ4n) is 2.61. The highest BCUT2D eigenvalue weighted by atomic mass is 16.1. The average molecular weight is 295 g/mol. The topological polar surface area (TPSA) is 30.0 Å². The number of unbranched alkanes of at least 4 members (excludes halogenated alkanes) is 2. The molecule has 2 rings (SSSR count). The second-order valence-electron chi connectivity index (χ2n) is 5.77. The minimum atomic E-state index is 0.0950. The Morgan fingerprint density at radius 1 is 1.05 bits per heavy atom. The smallest absolute Gasteiger partial charge is 0.194 e. The van der Waals surface area contributed by atoms with Gasteiger partial charge in [-0.1, -0.05) is 38.8 Å². The highest BCUT2D eigenvalue weighted by Crippen LogP contribution is 2.20. The monoisotopic (exact) mass is 295 g/mol. The lowest BCUT2D eigenvalue weighted by molar-refractivity contribution is 0.103. The summed E-state index contributed by atoms with van der Waals surface area (Å²) in [7, 11) is 0. The van der Waals surface area contributed by atoms with Crippen molar-refractivity contribution in [3.05, 3.63) is 65.0 Å². The molecule has 2 nitrogen and oxygen atoms in total. The first-order valence-electron chi connectivity index (χ1n) is 8.32. The second-order valence-corrected chi connectivity index (χ2v) is 5.77. The van der Waals surface area contributed by atoms with Crippen LogP contribution in [0.5, 0.6) is 0 Å². The third-order valence-electron chi connectivity index (χ3n) is 3.96. The van der Waals surface area contributed by atoms with Crippen LogP contribution in [-0.2, 0) is 12.8 Å². The zero-order valence-corrected chi connectivity index (χ0v) is 13.6. The molecule has 1 aromatic heterocycles. The van der Waals surface area contributed by atoms with Crippen molar-refractivity contribution in [2.45, 2.75) is 52.4 Å². The molecule has 0 aliphatic carbocycles. The summed E-state index contributed by atoms with van der Waals surface area (Å²) in [6.07, 6.45) is 9.94. The van der Waals surface area contributed by atoms with E-state index in [-0.39, 0.29) is 5.78 Å². The summed E-state index contributed by atoms with van der Waals surface area (Å²) in [5, 5.41) is 0. The Hall–Kier alpha value is -1.96. The quantitative estimate of drug-likeness (QED) is 0.642. The molecule has 0 fully saturated rings. The van der Waals surface area contributed by atoms with E-state index in [1.165, 1.54) is 12.0 Å². The van der Waals surface area contributed by atoms with E-state index in [2.05, 4.69) is 37.0 Å². The molecule has 1 aromatic carbocycles. The first-order valence-corrected chi connectivity index (χ1v) is 8.32. The first kappa shape index (κ1) is 16.4. The molecule has 2 heteroatoms. The van der Waals surface area contributed by atoms with Gasteiger partial charge in [-0.25, -0.2) is 0 Å². The number of aromatic nitrogens is 1. The number of pyridine rings is 1. The molecule has 0 saturated heterocycles. The number of hydrogen-bond donors (Lipinski definition) is 0. The van der Waals surface area contributed by atoms with Gasteiger partial charge in [0.15, 0.2) is 5.78 Å². The van der Waals surface area contributed by atoms with Crippen LogP contribution in [0.25, 0.3) is 0 Å². The van der Waals surface area contributed by atoms with Gasteiger partial charge in [-0.2, -0.15) is 0 Å². The maximum absolute atomic E-state index is 12.8. The van der Waals surface area contributed by atoms with Crippen molar-refractivity contribution in [3.63, 3.8) is 0 Å². The van der Waals surface area contributed by atoms with Crippen molar-refractivity contribution in [3.8, 4) is 0 Å². The van der Waals surface area contributed by atoms with Crippen LogP contribution in [0.1, 0.15) is 66.6 Å². The van der Waals surface area contributed by atoms with Gasteiger partial charge < -0.3 is 0 Å². The highest BCUT2D eigenvalue weighted by Gasteiger charge is 2.14. The van der Waals surface area contributed by atoms with Gasteiger partial charge in [-0.05, 0) is 55.0 Å². The maximum Gasteiger partial charge on any atom is 0.194 e. The number of carbonyl (C=O) groups excluding carboxylic acids is 1. The maximum atomic E-state index is 12.8. The number of carbonyl (C=O) groups is 1. The fourth-order valence-corrected chi connectivity index (χ4v) is 2.61. The summed E-state index contributed by atoms with van der Waals surface area (Å²) in [5.74, 6) is 0.0950. The van der Waals surface area contributed by atoms with Gasteiger partial charge >= 0.3 is 0 Å². The molecule has 0 bridgehead atoms. The van der Waals surface area contributed by atoms with Crippen LogP contribution in [0, 0.1) is 0 Å². The molecular formula is C20H25NO. The van der Waals surface area contributed by atoms with Crippen LogP contribution in [0.3, 0.4) is 0 Å². The number of benzene rings is 1. The van der Waals surface area contributed by atoms with Gasteiger partial charge in [-0.15, -0.1) is 0 Å². The predicted octanol–water partition coefficient (Wildman–Crippen LogP) is 5.00. The van der Waals surface area contributed by atoms with E-state index >= 15 is 0 Å². The molecule has 0 aliphatic rings. The third kappa shape index (κ3) is 4.27. The minimum Gasteiger partial charge on any atom is -0.289 e. The highest BCUT2D eigenvalue weighted by molar-refractivity contribution is 6.09. The van der Waals surface area contributed by atoms with Crippen LogP contribution in [0.2, 0.25) is 0 Å². The number of aryl methyl sites for hydroxylation is 2. The van der Waals surface area contributed by atoms with Crippen molar-refractivity contribution in [2.75, 3.05) is 0 Å². The van der Waals surface area contributed by atoms with Gasteiger partial charge in [0.1, 0.15) is 0 Å². The lowest BCUT2D eigenvalue weighted by Crippen LogP contribution is -2.07. The molecule has 0 spiro atoms. The van der Waals surface area contributed by atoms with Crippen LogP contribution < -0.4 is 0 Å². The van der Waals surface area contributed by atoms with Gasteiger partial charge in [0.05, 0.1) is 0 Å². The van der Waals surface area contributed by atoms with E-state index in [9.17, 15) is 4.79 Å². The summed E-state index contributed by atoms with van der Waals surface area (Å²) in [5.41, 5.74) is 3.95. The fraction of sp³-hybridized carbons (Fsp3) is 0.400. The van der Waals surface area contributed by atoms with Crippen LogP contribution in [0.15, 0.2) is 42.7 Å². The van der Waals surface area contributed by atoms with Crippen molar-refractivity contribution in [2.24, 2.45) is 0 Å². The largest absolute Gasteiger partial charge is 0.289 e. The standard InChI is InChI=1S/C20H25NO/c1-3-5-8-16-11-12-17(9-6-4-2)19(14-16)20(22)18-10-7-13-21-15-18/h7,10-15H,3-6,8-9H2,1-2H3. The molecule has 116 valence electrons. The van der Waals surface area contributed by atoms with Crippen LogP contribution in [-0.4, -0.2) is 10.8 Å². The lowest BCUT2D eigenvalue weighted by atomic mass is 9.93. The molecular weight excluding hydrogens is 270 g/mol. The number of hydrogen-bond acceptors (Lipinski definition) is 2. The van der Waals surface area contributed by atoms with Crippen molar-refractivity contribution in [1.29, 1.82) is 0 Å². The SMILES string of the molecule is CCCCc1ccc(CCCC)c(C(=O)c2cccnc2)c1. The average Bonchev–Trinajstić information content (AvgIpc) is 2.58. The molecule has 22 heavy (non-hydrogen) atoms. The van der Waals surface area contributed by atoms with Gasteiger partial charge in [0.2, 0.25) is 0 Å². The number of ketones is 1. The van der Waals surface area contributed by atoms with Crippen molar-refractivity contribution < 1.29 is 4.79 Å². The Morgan fingerprint density at radius 3 is 2.50 bits per heavy atom. The Labute approximate surface area is 133 Å². The minimum absolute atomic E-state index is 0.0950. The van der Waals surface area contributed by atoms with Crippen molar-refractivity contribution in [1.82, 2.24) is 4.98 Å². The molecule has 0 radical (unpaired) electrons. The third-order valence-corrected chi connectivity index (χ3v) is 3.96. The first-order chi connectivity index (χ1) is 10.8. The summed E-state index contributed by atoms with van der Waals surface area (Å²) < 4.78 is 0. The molecule has 0 unspecified atom stereocenters. The molecule has 1 heterocycles. The van der Waals surface area contributed by atoms with Crippen LogP contribution in [0.4, 0.5) is 0 Å². The van der Waals surface area contributed by atoms with Crippen LogP contribution >= 0.6 is 0 Å². The molecule has 0 saturated carbocycles. The Balaban J connectivity index is 2.33. The van der Waals surface area contributed by atoms with Gasteiger partial charge in [0, 0.05) is 23.5 Å². The molecule has 0 atom stereocenters. The van der Waals surface area contributed by atoms with E-state index in [1.807, 2.05) is 12.1 Å². The van der Waals surface area contributed by atoms with E-state index in [0.29, 0.717) is 5.56 Å². The summed E-state index contributed by atoms with van der Waals surface area (Å²) in [6.45, 7) is 4.37. The summed E-state index contributed by atoms with van der Waals surface area (Å²) in [6, 6.07) is 10.1. The van der Waals surface area contributed by atoms with Gasteiger partial charge in [-0.3, -0.25) is 9.78 Å². The van der Waals surface area contributed by atoms with E-state index in [4.69, 9.17) is 0 Å². The molecule has 0 amide bonds. The summed E-state index contributed by atoms with van der Waals surface area (Å²) in [4.78, 5) is 16.9. The zero-order valence-electron chi connectivity index (χ0n) is 13.6. The molecule has 0 N–H and O–H groups in total. The van der Waals surface area contributed by atoms with Gasteiger partial charge in [0.25, 0.3) is 0 Å². The molecule has 0 aliphatic heterocycles. The summed E-state index contributed by atoms with van der Waals surface area (Å²) >= 11 is 0. The van der Waals surface area contributed by atoms with Crippen molar-refractivity contribution >= 4 is 5.78 Å². The lowest BCUT2D eigenvalue weighted by Gasteiger charge is -2.11. The zero-order chi connectivity index (χ0) is 15.8. The van der Waals surface area contributed by atoms with E-state index in [0.717, 1.165) is 43.2 Å².